The molecule has 4 rings (SSSR count). The molecule has 1 amide bonds. The van der Waals surface area contributed by atoms with Gasteiger partial charge >= 0.3 is 0 Å². The average Bonchev–Trinajstić information content (AvgIpc) is 3.15. The van der Waals surface area contributed by atoms with E-state index in [4.69, 9.17) is 9.15 Å². The molecule has 2 aromatic carbocycles. The highest BCUT2D eigenvalue weighted by atomic mass is 32.1. The number of nitriles is 1. The highest BCUT2D eigenvalue weighted by Gasteiger charge is 2.15. The molecule has 7 nitrogen and oxygen atoms in total. The summed E-state index contributed by atoms with van der Waals surface area (Å²) in [5, 5.41) is 12.7. The van der Waals surface area contributed by atoms with Crippen LogP contribution in [0.2, 0.25) is 0 Å². The highest BCUT2D eigenvalue weighted by Crippen LogP contribution is 2.26. The maximum atomic E-state index is 12.7. The number of rotatable bonds is 4. The molecule has 4 aromatic rings. The van der Waals surface area contributed by atoms with Crippen LogP contribution in [0.25, 0.3) is 27.3 Å². The quantitative estimate of drug-likeness (QED) is 0.408. The number of amides is 1. The molecular formula is C21H13N3O4S. The van der Waals surface area contributed by atoms with E-state index in [-0.39, 0.29) is 16.6 Å². The zero-order valence-electron chi connectivity index (χ0n) is 15.1. The van der Waals surface area contributed by atoms with Gasteiger partial charge in [0.05, 0.1) is 28.3 Å². The smallest absolute Gasteiger partial charge is 0.268 e. The molecule has 0 unspecified atom stereocenters. The zero-order chi connectivity index (χ0) is 20.4. The zero-order valence-corrected chi connectivity index (χ0v) is 15.9. The number of carbonyl (C=O) groups is 1. The summed E-state index contributed by atoms with van der Waals surface area (Å²) >= 11 is 1.30. The number of nitrogens with one attached hydrogen (secondary N) is 1. The number of aromatic nitrogens is 1. The molecule has 0 spiro atoms. The molecule has 0 saturated carbocycles. The molecule has 29 heavy (non-hydrogen) atoms. The van der Waals surface area contributed by atoms with Crippen molar-refractivity contribution < 1.29 is 13.9 Å². The number of para-hydroxylation sites is 2. The summed E-state index contributed by atoms with van der Waals surface area (Å²) in [6.45, 7) is 0. The van der Waals surface area contributed by atoms with E-state index in [2.05, 4.69) is 10.3 Å². The molecule has 0 radical (unpaired) electrons. The molecule has 0 bridgehead atoms. The lowest BCUT2D eigenvalue weighted by molar-refractivity contribution is -0.112. The van der Waals surface area contributed by atoms with E-state index in [0.29, 0.717) is 21.9 Å². The van der Waals surface area contributed by atoms with Gasteiger partial charge in [0, 0.05) is 0 Å². The van der Waals surface area contributed by atoms with E-state index in [1.165, 1.54) is 30.8 Å². The lowest BCUT2D eigenvalue weighted by Crippen LogP contribution is -2.14. The van der Waals surface area contributed by atoms with Crippen LogP contribution in [0.4, 0.5) is 5.13 Å². The second kappa shape index (κ2) is 7.58. The fourth-order valence-corrected chi connectivity index (χ4v) is 3.66. The van der Waals surface area contributed by atoms with E-state index in [9.17, 15) is 14.9 Å². The number of hydrogen-bond acceptors (Lipinski definition) is 7. The normalized spacial score (nSPS) is 11.4. The number of fused-ring (bicyclic) bond motifs is 2. The molecule has 0 aliphatic rings. The van der Waals surface area contributed by atoms with Crippen LogP contribution in [0, 0.1) is 11.3 Å². The first-order chi connectivity index (χ1) is 14.1. The SMILES string of the molecule is COc1cccc2c(=O)c(/C=C(/C#N)C(=O)Nc3nc4ccccc4s3)coc12. The van der Waals surface area contributed by atoms with Crippen LogP contribution in [0.1, 0.15) is 5.56 Å². The third kappa shape index (κ3) is 3.47. The minimum absolute atomic E-state index is 0.0850. The fraction of sp³-hybridized carbons (Fsp3) is 0.0476. The second-order valence-electron chi connectivity index (χ2n) is 5.97. The summed E-state index contributed by atoms with van der Waals surface area (Å²) in [5.74, 6) is -0.235. The van der Waals surface area contributed by atoms with Crippen LogP contribution in [-0.2, 0) is 4.79 Å². The van der Waals surface area contributed by atoms with Gasteiger partial charge in [-0.3, -0.25) is 14.9 Å². The van der Waals surface area contributed by atoms with Crippen molar-refractivity contribution in [2.75, 3.05) is 12.4 Å². The van der Waals surface area contributed by atoms with Crippen LogP contribution in [0.15, 0.2) is 63.5 Å². The van der Waals surface area contributed by atoms with Crippen molar-refractivity contribution in [3.05, 3.63) is 70.1 Å². The molecule has 0 atom stereocenters. The van der Waals surface area contributed by atoms with Gasteiger partial charge in [-0.05, 0) is 30.3 Å². The van der Waals surface area contributed by atoms with Gasteiger partial charge in [-0.25, -0.2) is 4.98 Å². The van der Waals surface area contributed by atoms with Gasteiger partial charge in [-0.2, -0.15) is 5.26 Å². The Hall–Kier alpha value is -3.96. The lowest BCUT2D eigenvalue weighted by atomic mass is 10.1. The topological polar surface area (TPSA) is 105 Å². The Morgan fingerprint density at radius 3 is 2.86 bits per heavy atom. The van der Waals surface area contributed by atoms with Crippen molar-refractivity contribution in [3.63, 3.8) is 0 Å². The molecule has 8 heteroatoms. The van der Waals surface area contributed by atoms with Crippen molar-refractivity contribution in [2.45, 2.75) is 0 Å². The van der Waals surface area contributed by atoms with E-state index in [0.717, 1.165) is 10.2 Å². The summed E-state index contributed by atoms with van der Waals surface area (Å²) in [6.07, 6.45) is 2.41. The Bertz CT molecular complexity index is 1350. The van der Waals surface area contributed by atoms with Crippen LogP contribution in [-0.4, -0.2) is 18.0 Å². The van der Waals surface area contributed by atoms with E-state index in [1.54, 1.807) is 18.2 Å². The molecule has 0 aliphatic carbocycles. The number of ether oxygens (including phenoxy) is 1. The third-order valence-electron chi connectivity index (χ3n) is 4.19. The minimum Gasteiger partial charge on any atom is -0.493 e. The Kier molecular flexibility index (Phi) is 4.81. The summed E-state index contributed by atoms with van der Waals surface area (Å²) in [4.78, 5) is 29.6. The molecule has 0 aliphatic heterocycles. The molecule has 0 fully saturated rings. The predicted molar refractivity (Wildman–Crippen MR) is 111 cm³/mol. The Morgan fingerprint density at radius 2 is 2.10 bits per heavy atom. The number of hydrogen-bond donors (Lipinski definition) is 1. The van der Waals surface area contributed by atoms with Gasteiger partial charge < -0.3 is 9.15 Å². The maximum absolute atomic E-state index is 12.7. The summed E-state index contributed by atoms with van der Waals surface area (Å²) < 4.78 is 11.6. The van der Waals surface area contributed by atoms with Crippen molar-refractivity contribution in [1.82, 2.24) is 4.98 Å². The average molecular weight is 403 g/mol. The Morgan fingerprint density at radius 1 is 1.28 bits per heavy atom. The first-order valence-electron chi connectivity index (χ1n) is 8.48. The number of anilines is 1. The minimum atomic E-state index is -0.656. The molecule has 2 heterocycles. The number of methoxy groups -OCH3 is 1. The van der Waals surface area contributed by atoms with Crippen LogP contribution >= 0.6 is 11.3 Å². The monoisotopic (exact) mass is 403 g/mol. The molecule has 2 aromatic heterocycles. The molecule has 142 valence electrons. The number of thiazole rings is 1. The Labute approximate surface area is 168 Å². The van der Waals surface area contributed by atoms with Gasteiger partial charge in [0.2, 0.25) is 0 Å². The number of nitrogens with zero attached hydrogens (tertiary/aromatic N) is 2. The Balaban J connectivity index is 1.68. The van der Waals surface area contributed by atoms with Gasteiger partial charge in [0.15, 0.2) is 21.9 Å². The molecular weight excluding hydrogens is 390 g/mol. The standard InChI is InChI=1S/C21H13N3O4S/c1-27-16-7-4-5-14-18(25)13(11-28-19(14)16)9-12(10-22)20(26)24-21-23-15-6-2-3-8-17(15)29-21/h2-9,11H,1H3,(H,23,24,26)/b12-9-. The van der Waals surface area contributed by atoms with Crippen LogP contribution in [0.3, 0.4) is 0 Å². The summed E-state index contributed by atoms with van der Waals surface area (Å²) in [7, 11) is 1.47. The molecule has 0 saturated heterocycles. The van der Waals surface area contributed by atoms with E-state index < -0.39 is 5.91 Å². The maximum Gasteiger partial charge on any atom is 0.268 e. The first-order valence-corrected chi connectivity index (χ1v) is 9.29. The highest BCUT2D eigenvalue weighted by molar-refractivity contribution is 7.22. The summed E-state index contributed by atoms with van der Waals surface area (Å²) in [5.41, 5.74) is 0.528. The fourth-order valence-electron chi connectivity index (χ4n) is 2.80. The van der Waals surface area contributed by atoms with E-state index >= 15 is 0 Å². The van der Waals surface area contributed by atoms with Crippen LogP contribution < -0.4 is 15.5 Å². The molecule has 1 N–H and O–H groups in total. The lowest BCUT2D eigenvalue weighted by Gasteiger charge is -2.04. The van der Waals surface area contributed by atoms with Gasteiger partial charge in [-0.15, -0.1) is 0 Å². The number of carbonyl (C=O) groups excluding carboxylic acids is 1. The van der Waals surface area contributed by atoms with Gasteiger partial charge in [-0.1, -0.05) is 29.5 Å². The van der Waals surface area contributed by atoms with Crippen molar-refractivity contribution in [1.29, 1.82) is 5.26 Å². The number of benzene rings is 2. The van der Waals surface area contributed by atoms with Gasteiger partial charge in [0.25, 0.3) is 5.91 Å². The van der Waals surface area contributed by atoms with Crippen molar-refractivity contribution in [2.24, 2.45) is 0 Å². The van der Waals surface area contributed by atoms with E-state index in [1.807, 2.05) is 30.3 Å². The largest absolute Gasteiger partial charge is 0.493 e. The predicted octanol–water partition coefficient (Wildman–Crippen LogP) is 3.96. The van der Waals surface area contributed by atoms with Gasteiger partial charge in [0.1, 0.15) is 17.9 Å². The summed E-state index contributed by atoms with van der Waals surface area (Å²) in [6, 6.07) is 14.2. The third-order valence-corrected chi connectivity index (χ3v) is 5.14. The van der Waals surface area contributed by atoms with Crippen molar-refractivity contribution >= 4 is 49.6 Å². The van der Waals surface area contributed by atoms with Crippen LogP contribution in [0.5, 0.6) is 5.75 Å². The first kappa shape index (κ1) is 18.4. The van der Waals surface area contributed by atoms with Crippen molar-refractivity contribution in [3.8, 4) is 11.8 Å². The second-order valence-corrected chi connectivity index (χ2v) is 7.00.